The van der Waals surface area contributed by atoms with Gasteiger partial charge in [-0.3, -0.25) is 4.90 Å². The van der Waals surface area contributed by atoms with Crippen molar-refractivity contribution >= 4 is 5.96 Å². The smallest absolute Gasteiger partial charge is 0.191 e. The second-order valence-electron chi connectivity index (χ2n) is 8.71. The lowest BCUT2D eigenvalue weighted by molar-refractivity contribution is 0.0792. The van der Waals surface area contributed by atoms with Gasteiger partial charge in [-0.05, 0) is 49.3 Å². The molecule has 3 N–H and O–H groups in total. The van der Waals surface area contributed by atoms with Crippen molar-refractivity contribution in [3.63, 3.8) is 0 Å². The molecule has 1 fully saturated rings. The van der Waals surface area contributed by atoms with Gasteiger partial charge < -0.3 is 15.7 Å². The molecule has 0 amide bonds. The van der Waals surface area contributed by atoms with E-state index < -0.39 is 0 Å². The van der Waals surface area contributed by atoms with Gasteiger partial charge >= 0.3 is 0 Å². The zero-order chi connectivity index (χ0) is 22.1. The number of guanidine groups is 1. The van der Waals surface area contributed by atoms with Gasteiger partial charge in [0.25, 0.3) is 0 Å². The quantitative estimate of drug-likeness (QED) is 0.447. The summed E-state index contributed by atoms with van der Waals surface area (Å²) in [5.41, 5.74) is 5.16. The fourth-order valence-electron chi connectivity index (χ4n) is 3.86. The van der Waals surface area contributed by atoms with Gasteiger partial charge in [-0.1, -0.05) is 61.0 Å². The number of aryl methyl sites for hydroxylation is 1. The predicted octanol–water partition coefficient (Wildman–Crippen LogP) is 3.81. The number of aliphatic imine (C=N–C) groups is 1. The Labute approximate surface area is 187 Å². The first-order valence-corrected chi connectivity index (χ1v) is 11.6. The lowest BCUT2D eigenvalue weighted by atomic mass is 10.0. The summed E-state index contributed by atoms with van der Waals surface area (Å²) in [5.74, 6) is 1.28. The number of benzene rings is 2. The van der Waals surface area contributed by atoms with Gasteiger partial charge in [-0.25, -0.2) is 4.99 Å². The van der Waals surface area contributed by atoms with Crippen LogP contribution in [-0.4, -0.2) is 48.2 Å². The van der Waals surface area contributed by atoms with Crippen molar-refractivity contribution in [1.29, 1.82) is 0 Å². The third kappa shape index (κ3) is 7.67. The zero-order valence-electron chi connectivity index (χ0n) is 19.3. The molecule has 1 aliphatic heterocycles. The first-order chi connectivity index (χ1) is 15.0. The Hall–Kier alpha value is -2.37. The Balaban J connectivity index is 1.50. The number of nitrogens with one attached hydrogen (secondary N) is 2. The Kier molecular flexibility index (Phi) is 8.92. The molecule has 0 spiro atoms. The van der Waals surface area contributed by atoms with Crippen LogP contribution < -0.4 is 10.6 Å². The topological polar surface area (TPSA) is 59.9 Å². The molecule has 1 unspecified atom stereocenters. The molecule has 0 radical (unpaired) electrons. The molecule has 168 valence electrons. The molecule has 1 saturated heterocycles. The van der Waals surface area contributed by atoms with E-state index in [1.165, 1.54) is 22.3 Å². The van der Waals surface area contributed by atoms with Crippen molar-refractivity contribution in [2.24, 2.45) is 4.99 Å². The highest BCUT2D eigenvalue weighted by molar-refractivity contribution is 5.79. The summed E-state index contributed by atoms with van der Waals surface area (Å²) in [6.45, 7) is 11.7. The molecular formula is C26H38N4O. The maximum atomic E-state index is 9.66. The van der Waals surface area contributed by atoms with E-state index in [4.69, 9.17) is 4.99 Å². The van der Waals surface area contributed by atoms with Crippen LogP contribution in [0.1, 0.15) is 54.9 Å². The van der Waals surface area contributed by atoms with Crippen molar-refractivity contribution in [2.45, 2.75) is 58.7 Å². The summed E-state index contributed by atoms with van der Waals surface area (Å²) in [4.78, 5) is 7.19. The summed E-state index contributed by atoms with van der Waals surface area (Å²) in [6, 6.07) is 17.5. The third-order valence-corrected chi connectivity index (χ3v) is 5.97. The third-order valence-electron chi connectivity index (χ3n) is 5.97. The van der Waals surface area contributed by atoms with Crippen molar-refractivity contribution in [3.8, 4) is 0 Å². The minimum Gasteiger partial charge on any atom is -0.393 e. The van der Waals surface area contributed by atoms with Crippen LogP contribution in [0.3, 0.4) is 0 Å². The van der Waals surface area contributed by atoms with Crippen LogP contribution in [0.2, 0.25) is 0 Å². The number of piperidine rings is 1. The molecule has 5 heteroatoms. The van der Waals surface area contributed by atoms with Gasteiger partial charge in [0, 0.05) is 32.7 Å². The molecule has 2 aromatic carbocycles. The first-order valence-electron chi connectivity index (χ1n) is 11.6. The number of hydrogen-bond donors (Lipinski definition) is 3. The molecule has 3 rings (SSSR count). The summed E-state index contributed by atoms with van der Waals surface area (Å²) in [7, 11) is 0. The lowest BCUT2D eigenvalue weighted by Crippen LogP contribution is -2.39. The van der Waals surface area contributed by atoms with Gasteiger partial charge in [0.05, 0.1) is 12.6 Å². The SMILES string of the molecule is CCNC(=NCc1ccc(CN2CCC(O)CC2)cc1)NCC(C)c1ccc(C)cc1. The highest BCUT2D eigenvalue weighted by Gasteiger charge is 2.16. The molecular weight excluding hydrogens is 384 g/mol. The van der Waals surface area contributed by atoms with E-state index in [1.807, 2.05) is 0 Å². The molecule has 1 heterocycles. The second-order valence-corrected chi connectivity index (χ2v) is 8.71. The maximum Gasteiger partial charge on any atom is 0.191 e. The van der Waals surface area contributed by atoms with E-state index in [2.05, 4.69) is 84.8 Å². The van der Waals surface area contributed by atoms with Gasteiger partial charge in [0.2, 0.25) is 0 Å². The molecule has 1 atom stereocenters. The molecule has 0 bridgehead atoms. The normalized spacial score (nSPS) is 16.8. The second kappa shape index (κ2) is 11.9. The van der Waals surface area contributed by atoms with E-state index in [-0.39, 0.29) is 6.10 Å². The molecule has 31 heavy (non-hydrogen) atoms. The summed E-state index contributed by atoms with van der Waals surface area (Å²) in [6.07, 6.45) is 1.65. The number of nitrogens with zero attached hydrogens (tertiary/aromatic N) is 2. The van der Waals surface area contributed by atoms with E-state index in [0.29, 0.717) is 12.5 Å². The van der Waals surface area contributed by atoms with E-state index in [9.17, 15) is 5.11 Å². The van der Waals surface area contributed by atoms with Crippen molar-refractivity contribution < 1.29 is 5.11 Å². The van der Waals surface area contributed by atoms with E-state index in [1.54, 1.807) is 0 Å². The van der Waals surface area contributed by atoms with Crippen LogP contribution in [0.4, 0.5) is 0 Å². The molecule has 0 aliphatic carbocycles. The monoisotopic (exact) mass is 422 g/mol. The van der Waals surface area contributed by atoms with Crippen LogP contribution >= 0.6 is 0 Å². The van der Waals surface area contributed by atoms with Crippen LogP contribution in [0.5, 0.6) is 0 Å². The average Bonchev–Trinajstić information content (AvgIpc) is 2.78. The Bertz CT molecular complexity index is 808. The minimum atomic E-state index is -0.115. The van der Waals surface area contributed by atoms with Gasteiger partial charge in [-0.2, -0.15) is 0 Å². The fraction of sp³-hybridized carbons (Fsp3) is 0.500. The Morgan fingerprint density at radius 3 is 2.32 bits per heavy atom. The standard InChI is InChI=1S/C26H38N4O/c1-4-27-26(28-17-21(3)24-11-5-20(2)6-12-24)29-18-22-7-9-23(10-8-22)19-30-15-13-25(31)14-16-30/h5-12,21,25,31H,4,13-19H2,1-3H3,(H2,27,28,29). The molecule has 5 nitrogen and oxygen atoms in total. The maximum absolute atomic E-state index is 9.66. The minimum absolute atomic E-state index is 0.115. The molecule has 0 aromatic heterocycles. The molecule has 2 aromatic rings. The van der Waals surface area contributed by atoms with E-state index >= 15 is 0 Å². The summed E-state index contributed by atoms with van der Waals surface area (Å²) in [5, 5.41) is 16.5. The average molecular weight is 423 g/mol. The Morgan fingerprint density at radius 2 is 1.68 bits per heavy atom. The van der Waals surface area contributed by atoms with Crippen LogP contribution in [-0.2, 0) is 13.1 Å². The summed E-state index contributed by atoms with van der Waals surface area (Å²) < 4.78 is 0. The van der Waals surface area contributed by atoms with Crippen molar-refractivity contribution in [3.05, 3.63) is 70.8 Å². The van der Waals surface area contributed by atoms with Gasteiger partial charge in [-0.15, -0.1) is 0 Å². The molecule has 1 aliphatic rings. The fourth-order valence-corrected chi connectivity index (χ4v) is 3.86. The number of hydrogen-bond acceptors (Lipinski definition) is 3. The number of aliphatic hydroxyl groups excluding tert-OH is 1. The number of aliphatic hydroxyl groups is 1. The van der Waals surface area contributed by atoms with Gasteiger partial charge in [0.1, 0.15) is 0 Å². The Morgan fingerprint density at radius 1 is 1.03 bits per heavy atom. The number of rotatable bonds is 8. The van der Waals surface area contributed by atoms with Crippen molar-refractivity contribution in [1.82, 2.24) is 15.5 Å². The van der Waals surface area contributed by atoms with Gasteiger partial charge in [0.15, 0.2) is 5.96 Å². The van der Waals surface area contributed by atoms with Crippen molar-refractivity contribution in [2.75, 3.05) is 26.2 Å². The zero-order valence-corrected chi connectivity index (χ0v) is 19.3. The molecule has 0 saturated carbocycles. The highest BCUT2D eigenvalue weighted by Crippen LogP contribution is 2.16. The predicted molar refractivity (Wildman–Crippen MR) is 129 cm³/mol. The van der Waals surface area contributed by atoms with Crippen LogP contribution in [0, 0.1) is 6.92 Å². The van der Waals surface area contributed by atoms with E-state index in [0.717, 1.165) is 51.5 Å². The lowest BCUT2D eigenvalue weighted by Gasteiger charge is -2.29. The van der Waals surface area contributed by atoms with Crippen LogP contribution in [0.15, 0.2) is 53.5 Å². The largest absolute Gasteiger partial charge is 0.393 e. The number of likely N-dealkylation sites (tertiary alicyclic amines) is 1. The van der Waals surface area contributed by atoms with Crippen LogP contribution in [0.25, 0.3) is 0 Å². The first kappa shape index (κ1) is 23.3. The highest BCUT2D eigenvalue weighted by atomic mass is 16.3. The summed E-state index contributed by atoms with van der Waals surface area (Å²) >= 11 is 0.